The largest absolute Gasteiger partial charge is 0.459 e. The van der Waals surface area contributed by atoms with Crippen LogP contribution in [0.1, 0.15) is 49.8 Å². The molecule has 0 saturated heterocycles. The molecule has 1 atom stereocenters. The Balaban J connectivity index is 2.20. The van der Waals surface area contributed by atoms with E-state index in [2.05, 4.69) is 18.5 Å². The summed E-state index contributed by atoms with van der Waals surface area (Å²) in [6.07, 6.45) is 7.25. The van der Waals surface area contributed by atoms with Crippen molar-refractivity contribution in [1.29, 1.82) is 0 Å². The molecular formula is C23H29NO4. The van der Waals surface area contributed by atoms with Crippen molar-refractivity contribution in [3.63, 3.8) is 0 Å². The van der Waals surface area contributed by atoms with Crippen LogP contribution < -0.4 is 0 Å². The molecule has 2 aromatic rings. The molecule has 0 aliphatic carbocycles. The molecule has 0 amide bonds. The van der Waals surface area contributed by atoms with Gasteiger partial charge < -0.3 is 19.7 Å². The maximum Gasteiger partial charge on any atom is 0.130 e. The van der Waals surface area contributed by atoms with Crippen LogP contribution in [0.4, 0.5) is 0 Å². The van der Waals surface area contributed by atoms with E-state index >= 15 is 0 Å². The molecule has 0 radical (unpaired) electrons. The van der Waals surface area contributed by atoms with E-state index in [1.165, 1.54) is 0 Å². The molecule has 5 nitrogen and oxygen atoms in total. The van der Waals surface area contributed by atoms with Gasteiger partial charge in [0.25, 0.3) is 0 Å². The van der Waals surface area contributed by atoms with Crippen molar-refractivity contribution in [3.05, 3.63) is 77.5 Å². The monoisotopic (exact) mass is 383 g/mol. The summed E-state index contributed by atoms with van der Waals surface area (Å²) in [7, 11) is 0. The highest BCUT2D eigenvalue weighted by atomic mass is 16.4. The molecule has 2 heterocycles. The van der Waals surface area contributed by atoms with Gasteiger partial charge in [0.15, 0.2) is 0 Å². The number of hydrogen-bond donors (Lipinski definition) is 3. The number of rotatable bonds is 11. The molecular weight excluding hydrogens is 354 g/mol. The van der Waals surface area contributed by atoms with Gasteiger partial charge in [0.05, 0.1) is 18.4 Å². The minimum atomic E-state index is -0.720. The SMILES string of the molecule is C=C(CCC)/C(=C/CO)C(O)CC/C(=C/c1ccc(CO)o1)c1ccccn1. The minimum absolute atomic E-state index is 0.131. The molecule has 2 aromatic heterocycles. The standard InChI is InChI=1S/C23H29NO4/c1-3-6-17(2)21(12-14-25)23(27)11-8-18(22-7-4-5-13-24-22)15-19-9-10-20(16-26)28-19/h4-5,7,9-10,12-13,15,23,25-27H,2-3,6,8,11,14,16H2,1H3/b18-15-,21-12-. The lowest BCUT2D eigenvalue weighted by Gasteiger charge is -2.18. The van der Waals surface area contributed by atoms with E-state index in [-0.39, 0.29) is 13.2 Å². The second-order valence-electron chi connectivity index (χ2n) is 6.60. The first-order chi connectivity index (χ1) is 13.6. The predicted molar refractivity (Wildman–Crippen MR) is 111 cm³/mol. The van der Waals surface area contributed by atoms with Crippen molar-refractivity contribution < 1.29 is 19.7 Å². The summed E-state index contributed by atoms with van der Waals surface area (Å²) < 4.78 is 5.57. The first-order valence-electron chi connectivity index (χ1n) is 9.57. The Morgan fingerprint density at radius 3 is 2.64 bits per heavy atom. The van der Waals surface area contributed by atoms with Crippen LogP contribution in [-0.4, -0.2) is 33.0 Å². The second kappa shape index (κ2) is 11.4. The van der Waals surface area contributed by atoms with E-state index in [1.54, 1.807) is 24.4 Å². The molecule has 150 valence electrons. The highest BCUT2D eigenvalue weighted by molar-refractivity contribution is 5.78. The molecule has 0 aliphatic heterocycles. The molecule has 2 rings (SSSR count). The summed E-state index contributed by atoms with van der Waals surface area (Å²) in [6, 6.07) is 9.20. The van der Waals surface area contributed by atoms with E-state index in [0.717, 1.165) is 29.7 Å². The molecule has 0 bridgehead atoms. The fourth-order valence-corrected chi connectivity index (χ4v) is 3.06. The number of hydrogen-bond acceptors (Lipinski definition) is 5. The fraction of sp³-hybridized carbons (Fsp3) is 0.348. The Hall–Kier alpha value is -2.47. The predicted octanol–water partition coefficient (Wildman–Crippen LogP) is 4.12. The van der Waals surface area contributed by atoms with Gasteiger partial charge in [-0.05, 0) is 66.3 Å². The number of aromatic nitrogens is 1. The highest BCUT2D eigenvalue weighted by Crippen LogP contribution is 2.27. The van der Waals surface area contributed by atoms with Gasteiger partial charge in [0.2, 0.25) is 0 Å². The van der Waals surface area contributed by atoms with Gasteiger partial charge in [-0.2, -0.15) is 0 Å². The molecule has 0 fully saturated rings. The van der Waals surface area contributed by atoms with E-state index in [1.807, 2.05) is 24.3 Å². The fourth-order valence-electron chi connectivity index (χ4n) is 3.06. The van der Waals surface area contributed by atoms with Crippen molar-refractivity contribution in [2.45, 2.75) is 45.3 Å². The first kappa shape index (κ1) is 21.8. The van der Waals surface area contributed by atoms with Crippen LogP contribution in [0.2, 0.25) is 0 Å². The van der Waals surface area contributed by atoms with Gasteiger partial charge in [0.1, 0.15) is 18.1 Å². The number of nitrogens with zero attached hydrogens (tertiary/aromatic N) is 1. The average molecular weight is 383 g/mol. The van der Waals surface area contributed by atoms with Crippen molar-refractivity contribution in [3.8, 4) is 0 Å². The summed E-state index contributed by atoms with van der Waals surface area (Å²) >= 11 is 0. The molecule has 5 heteroatoms. The third-order valence-electron chi connectivity index (χ3n) is 4.47. The molecule has 3 N–H and O–H groups in total. The maximum atomic E-state index is 10.7. The minimum Gasteiger partial charge on any atom is -0.459 e. The second-order valence-corrected chi connectivity index (χ2v) is 6.60. The number of aliphatic hydroxyl groups is 3. The molecule has 1 unspecified atom stereocenters. The Bertz CT molecular complexity index is 805. The molecule has 0 aliphatic rings. The Morgan fingerprint density at radius 1 is 1.21 bits per heavy atom. The summed E-state index contributed by atoms with van der Waals surface area (Å²) in [5, 5.41) is 29.2. The van der Waals surface area contributed by atoms with Crippen molar-refractivity contribution in [2.24, 2.45) is 0 Å². The van der Waals surface area contributed by atoms with Gasteiger partial charge in [-0.25, -0.2) is 0 Å². The molecule has 28 heavy (non-hydrogen) atoms. The van der Waals surface area contributed by atoms with Gasteiger partial charge in [0, 0.05) is 6.20 Å². The van der Waals surface area contributed by atoms with Crippen LogP contribution in [0.3, 0.4) is 0 Å². The number of aliphatic hydroxyl groups excluding tert-OH is 3. The Labute approximate surface area is 166 Å². The zero-order valence-corrected chi connectivity index (χ0v) is 16.3. The van der Waals surface area contributed by atoms with E-state index in [4.69, 9.17) is 4.42 Å². The van der Waals surface area contributed by atoms with Gasteiger partial charge in [-0.3, -0.25) is 4.98 Å². The van der Waals surface area contributed by atoms with Crippen molar-refractivity contribution in [2.75, 3.05) is 6.61 Å². The van der Waals surface area contributed by atoms with Gasteiger partial charge in [-0.15, -0.1) is 0 Å². The lowest BCUT2D eigenvalue weighted by molar-refractivity contribution is 0.202. The van der Waals surface area contributed by atoms with Crippen LogP contribution in [0, 0.1) is 0 Å². The zero-order chi connectivity index (χ0) is 20.4. The number of allylic oxidation sites excluding steroid dienone is 1. The average Bonchev–Trinajstić information content (AvgIpc) is 3.17. The van der Waals surface area contributed by atoms with E-state index in [0.29, 0.717) is 29.9 Å². The quantitative estimate of drug-likeness (QED) is 0.508. The summed E-state index contributed by atoms with van der Waals surface area (Å²) in [4.78, 5) is 4.41. The number of pyridine rings is 1. The van der Waals surface area contributed by atoms with Crippen LogP contribution in [0.5, 0.6) is 0 Å². The number of furan rings is 1. The van der Waals surface area contributed by atoms with Crippen LogP contribution in [0.25, 0.3) is 11.6 Å². The third kappa shape index (κ3) is 6.30. The Morgan fingerprint density at radius 2 is 2.04 bits per heavy atom. The first-order valence-corrected chi connectivity index (χ1v) is 9.57. The normalized spacial score (nSPS) is 13.6. The summed E-state index contributed by atoms with van der Waals surface area (Å²) in [6.45, 7) is 5.82. The van der Waals surface area contributed by atoms with Gasteiger partial charge >= 0.3 is 0 Å². The van der Waals surface area contributed by atoms with E-state index < -0.39 is 6.10 Å². The highest BCUT2D eigenvalue weighted by Gasteiger charge is 2.15. The van der Waals surface area contributed by atoms with Crippen molar-refractivity contribution >= 4 is 11.6 Å². The Kier molecular flexibility index (Phi) is 8.88. The molecule has 0 spiro atoms. The van der Waals surface area contributed by atoms with Crippen molar-refractivity contribution in [1.82, 2.24) is 4.98 Å². The maximum absolute atomic E-state index is 10.7. The van der Waals surface area contributed by atoms with Crippen LogP contribution in [0.15, 0.2) is 64.7 Å². The molecule has 0 saturated carbocycles. The lowest BCUT2D eigenvalue weighted by atomic mass is 9.93. The smallest absolute Gasteiger partial charge is 0.130 e. The van der Waals surface area contributed by atoms with Crippen LogP contribution >= 0.6 is 0 Å². The summed E-state index contributed by atoms with van der Waals surface area (Å²) in [5.74, 6) is 1.12. The third-order valence-corrected chi connectivity index (χ3v) is 4.47. The summed E-state index contributed by atoms with van der Waals surface area (Å²) in [5.41, 5.74) is 3.27. The van der Waals surface area contributed by atoms with E-state index in [9.17, 15) is 15.3 Å². The lowest BCUT2D eigenvalue weighted by Crippen LogP contribution is -2.13. The molecule has 0 aromatic carbocycles. The van der Waals surface area contributed by atoms with Gasteiger partial charge in [-0.1, -0.05) is 32.1 Å². The topological polar surface area (TPSA) is 86.7 Å². The zero-order valence-electron chi connectivity index (χ0n) is 16.3. The van der Waals surface area contributed by atoms with Crippen LogP contribution in [-0.2, 0) is 6.61 Å².